The number of hydrogen-bond acceptors (Lipinski definition) is 4. The summed E-state index contributed by atoms with van der Waals surface area (Å²) in [5.41, 5.74) is 0.319. The molecule has 3 rings (SSSR count). The summed E-state index contributed by atoms with van der Waals surface area (Å²) >= 11 is 0. The lowest BCUT2D eigenvalue weighted by atomic mass is 9.95. The molecule has 1 unspecified atom stereocenters. The molecule has 4 nitrogen and oxygen atoms in total. The Balaban J connectivity index is 1.91. The molecule has 76 valence electrons. The Bertz CT molecular complexity index is 298. The number of nitrogens with zero attached hydrogens (tertiary/aromatic N) is 2. The first-order valence-corrected chi connectivity index (χ1v) is 5.30. The van der Waals surface area contributed by atoms with Gasteiger partial charge in [0.25, 0.3) is 0 Å². The van der Waals surface area contributed by atoms with E-state index in [1.807, 2.05) is 6.07 Å². The van der Waals surface area contributed by atoms with Gasteiger partial charge in [0.1, 0.15) is 0 Å². The Kier molecular flexibility index (Phi) is 1.77. The van der Waals surface area contributed by atoms with Gasteiger partial charge in [0.15, 0.2) is 0 Å². The molecular formula is C10H15N3O. The van der Waals surface area contributed by atoms with Crippen LogP contribution in [-0.4, -0.2) is 30.3 Å². The Morgan fingerprint density at radius 2 is 2.50 bits per heavy atom. The van der Waals surface area contributed by atoms with Crippen molar-refractivity contribution in [1.82, 2.24) is 10.5 Å². The smallest absolute Gasteiger partial charge is 0.227 e. The summed E-state index contributed by atoms with van der Waals surface area (Å²) in [6.45, 7) is 3.33. The molecule has 0 aromatic carbocycles. The van der Waals surface area contributed by atoms with Gasteiger partial charge in [-0.1, -0.05) is 5.16 Å². The van der Waals surface area contributed by atoms with Crippen molar-refractivity contribution in [2.24, 2.45) is 0 Å². The zero-order valence-corrected chi connectivity index (χ0v) is 8.20. The van der Waals surface area contributed by atoms with Crippen LogP contribution in [0.5, 0.6) is 0 Å². The van der Waals surface area contributed by atoms with Crippen molar-refractivity contribution in [1.29, 1.82) is 0 Å². The summed E-state index contributed by atoms with van der Waals surface area (Å²) in [5.74, 6) is 0.936. The third-order valence-electron chi connectivity index (χ3n) is 3.51. The van der Waals surface area contributed by atoms with E-state index in [4.69, 9.17) is 4.52 Å². The molecule has 2 aliphatic rings. The molecular weight excluding hydrogens is 178 g/mol. The monoisotopic (exact) mass is 193 g/mol. The summed E-state index contributed by atoms with van der Waals surface area (Å²) in [7, 11) is 0. The van der Waals surface area contributed by atoms with Gasteiger partial charge in [-0.05, 0) is 25.8 Å². The lowest BCUT2D eigenvalue weighted by molar-refractivity contribution is 0.380. The van der Waals surface area contributed by atoms with E-state index < -0.39 is 0 Å². The van der Waals surface area contributed by atoms with E-state index in [9.17, 15) is 0 Å². The maximum atomic E-state index is 5.25. The zero-order valence-electron chi connectivity index (χ0n) is 8.20. The fraction of sp³-hybridized carbons (Fsp3) is 0.700. The second-order valence-electron chi connectivity index (χ2n) is 4.26. The van der Waals surface area contributed by atoms with Crippen molar-refractivity contribution in [3.63, 3.8) is 0 Å². The Labute approximate surface area is 83.2 Å². The first kappa shape index (κ1) is 8.29. The van der Waals surface area contributed by atoms with Gasteiger partial charge in [0.2, 0.25) is 5.88 Å². The van der Waals surface area contributed by atoms with E-state index in [0.717, 1.165) is 25.5 Å². The first-order valence-electron chi connectivity index (χ1n) is 5.30. The molecule has 1 spiro atoms. The molecule has 0 amide bonds. The van der Waals surface area contributed by atoms with Gasteiger partial charge in [-0.2, -0.15) is 0 Å². The fourth-order valence-electron chi connectivity index (χ4n) is 2.80. The van der Waals surface area contributed by atoms with Crippen LogP contribution in [0.2, 0.25) is 0 Å². The zero-order chi connectivity index (χ0) is 9.43. The third-order valence-corrected chi connectivity index (χ3v) is 3.51. The molecule has 1 atom stereocenters. The van der Waals surface area contributed by atoms with Crippen molar-refractivity contribution in [3.05, 3.63) is 12.3 Å². The second kappa shape index (κ2) is 2.98. The van der Waals surface area contributed by atoms with E-state index in [1.54, 1.807) is 6.20 Å². The van der Waals surface area contributed by atoms with E-state index in [-0.39, 0.29) is 0 Å². The van der Waals surface area contributed by atoms with Gasteiger partial charge in [-0.3, -0.25) is 0 Å². The highest BCUT2D eigenvalue weighted by Gasteiger charge is 2.44. The average Bonchev–Trinajstić information content (AvgIpc) is 2.91. The molecule has 14 heavy (non-hydrogen) atoms. The topological polar surface area (TPSA) is 41.3 Å². The standard InChI is InChI=1S/C10H15N3O/c1-3-10(4-6-11-8-10)13(7-1)9-2-5-12-14-9/h2,5,11H,1,3-4,6-8H2. The average molecular weight is 193 g/mol. The number of aromatic nitrogens is 1. The van der Waals surface area contributed by atoms with E-state index in [2.05, 4.69) is 15.4 Å². The molecule has 1 aromatic rings. The maximum absolute atomic E-state index is 5.25. The van der Waals surface area contributed by atoms with Gasteiger partial charge in [0.05, 0.1) is 11.7 Å². The van der Waals surface area contributed by atoms with Crippen LogP contribution in [0.1, 0.15) is 19.3 Å². The van der Waals surface area contributed by atoms with Crippen LogP contribution in [0, 0.1) is 0 Å². The van der Waals surface area contributed by atoms with Crippen molar-refractivity contribution in [2.45, 2.75) is 24.8 Å². The molecule has 1 N–H and O–H groups in total. The molecule has 0 aliphatic carbocycles. The predicted molar refractivity (Wildman–Crippen MR) is 53.3 cm³/mol. The van der Waals surface area contributed by atoms with Gasteiger partial charge in [-0.15, -0.1) is 0 Å². The Morgan fingerprint density at radius 1 is 1.50 bits per heavy atom. The number of nitrogens with one attached hydrogen (secondary N) is 1. The van der Waals surface area contributed by atoms with Crippen LogP contribution < -0.4 is 10.2 Å². The van der Waals surface area contributed by atoms with Crippen molar-refractivity contribution in [2.75, 3.05) is 24.5 Å². The molecule has 0 radical (unpaired) electrons. The van der Waals surface area contributed by atoms with Gasteiger partial charge >= 0.3 is 0 Å². The minimum Gasteiger partial charge on any atom is -0.339 e. The molecule has 1 aromatic heterocycles. The molecule has 2 saturated heterocycles. The van der Waals surface area contributed by atoms with Crippen LogP contribution in [0.4, 0.5) is 5.88 Å². The SMILES string of the molecule is c1cc(N2CCCC23CCNC3)on1. The highest BCUT2D eigenvalue weighted by Crippen LogP contribution is 2.37. The highest BCUT2D eigenvalue weighted by atomic mass is 16.5. The quantitative estimate of drug-likeness (QED) is 0.722. The summed E-state index contributed by atoms with van der Waals surface area (Å²) in [6, 6.07) is 1.96. The summed E-state index contributed by atoms with van der Waals surface area (Å²) in [4.78, 5) is 2.39. The van der Waals surface area contributed by atoms with Crippen LogP contribution in [-0.2, 0) is 0 Å². The van der Waals surface area contributed by atoms with Crippen molar-refractivity contribution >= 4 is 5.88 Å². The molecule has 2 fully saturated rings. The fourth-order valence-corrected chi connectivity index (χ4v) is 2.80. The lowest BCUT2D eigenvalue weighted by Crippen LogP contribution is -2.45. The normalized spacial score (nSPS) is 31.9. The first-order chi connectivity index (χ1) is 6.91. The van der Waals surface area contributed by atoms with Crippen LogP contribution in [0.25, 0.3) is 0 Å². The van der Waals surface area contributed by atoms with Crippen molar-refractivity contribution in [3.8, 4) is 0 Å². The summed E-state index contributed by atoms with van der Waals surface area (Å²) in [6.07, 6.45) is 5.50. The molecule has 4 heteroatoms. The van der Waals surface area contributed by atoms with Gasteiger partial charge in [-0.25, -0.2) is 0 Å². The molecule has 2 aliphatic heterocycles. The highest BCUT2D eigenvalue weighted by molar-refractivity contribution is 5.41. The Hall–Kier alpha value is -1.03. The van der Waals surface area contributed by atoms with Crippen LogP contribution >= 0.6 is 0 Å². The van der Waals surface area contributed by atoms with E-state index in [0.29, 0.717) is 5.54 Å². The summed E-state index contributed by atoms with van der Waals surface area (Å²) < 4.78 is 5.25. The van der Waals surface area contributed by atoms with E-state index in [1.165, 1.54) is 19.3 Å². The van der Waals surface area contributed by atoms with E-state index >= 15 is 0 Å². The third kappa shape index (κ3) is 1.07. The largest absolute Gasteiger partial charge is 0.339 e. The lowest BCUT2D eigenvalue weighted by Gasteiger charge is -2.33. The maximum Gasteiger partial charge on any atom is 0.227 e. The summed E-state index contributed by atoms with van der Waals surface area (Å²) in [5, 5.41) is 7.23. The molecule has 0 saturated carbocycles. The van der Waals surface area contributed by atoms with Crippen LogP contribution in [0.15, 0.2) is 16.8 Å². The molecule has 3 heterocycles. The number of anilines is 1. The number of hydrogen-bond donors (Lipinski definition) is 1. The minimum absolute atomic E-state index is 0.319. The Morgan fingerprint density at radius 3 is 3.21 bits per heavy atom. The molecule has 0 bridgehead atoms. The predicted octanol–water partition coefficient (Wildman–Crippen LogP) is 1.01. The minimum atomic E-state index is 0.319. The van der Waals surface area contributed by atoms with Crippen LogP contribution in [0.3, 0.4) is 0 Å². The second-order valence-corrected chi connectivity index (χ2v) is 4.26. The number of rotatable bonds is 1. The van der Waals surface area contributed by atoms with Gasteiger partial charge < -0.3 is 14.7 Å². The van der Waals surface area contributed by atoms with Gasteiger partial charge in [0, 0.05) is 19.2 Å². The van der Waals surface area contributed by atoms with Crippen molar-refractivity contribution < 1.29 is 4.52 Å².